The van der Waals surface area contributed by atoms with E-state index in [1.165, 1.54) is 18.3 Å². The van der Waals surface area contributed by atoms with Gasteiger partial charge in [-0.1, -0.05) is 6.07 Å². The molecule has 0 aliphatic heterocycles. The second kappa shape index (κ2) is 4.69. The van der Waals surface area contributed by atoms with Crippen molar-refractivity contribution >= 4 is 28.4 Å². The number of benzene rings is 1. The van der Waals surface area contributed by atoms with Crippen molar-refractivity contribution in [2.24, 2.45) is 0 Å². The van der Waals surface area contributed by atoms with Gasteiger partial charge in [0.05, 0.1) is 3.57 Å². The lowest BCUT2D eigenvalue weighted by Crippen LogP contribution is -2.05. The highest BCUT2D eigenvalue weighted by Crippen LogP contribution is 2.19. The molecule has 0 unspecified atom stereocenters. The van der Waals surface area contributed by atoms with Gasteiger partial charge in [0.15, 0.2) is 5.78 Å². The van der Waals surface area contributed by atoms with E-state index in [2.05, 4.69) is 4.98 Å². The van der Waals surface area contributed by atoms with Crippen molar-refractivity contribution in [1.29, 1.82) is 0 Å². The molecule has 80 valence electrons. The SMILES string of the molecule is O=C(c1cccnc1)c1cccc(F)c1I. The van der Waals surface area contributed by atoms with Crippen LogP contribution in [-0.2, 0) is 0 Å². The minimum Gasteiger partial charge on any atom is -0.289 e. The summed E-state index contributed by atoms with van der Waals surface area (Å²) in [5.74, 6) is -0.590. The van der Waals surface area contributed by atoms with Crippen molar-refractivity contribution in [2.45, 2.75) is 0 Å². The first-order valence-electron chi connectivity index (χ1n) is 4.59. The molecule has 0 atom stereocenters. The fourth-order valence-electron chi connectivity index (χ4n) is 1.33. The molecule has 2 nitrogen and oxygen atoms in total. The quantitative estimate of drug-likeness (QED) is 0.627. The summed E-state index contributed by atoms with van der Waals surface area (Å²) >= 11 is 1.83. The van der Waals surface area contributed by atoms with Crippen LogP contribution in [0.25, 0.3) is 0 Å². The standard InChI is InChI=1S/C12H7FINO/c13-10-5-1-4-9(11(10)14)12(16)8-3-2-6-15-7-8/h1-7H. The molecule has 0 amide bonds. The highest BCUT2D eigenvalue weighted by molar-refractivity contribution is 14.1. The van der Waals surface area contributed by atoms with Gasteiger partial charge in [-0.3, -0.25) is 9.78 Å². The van der Waals surface area contributed by atoms with Crippen LogP contribution < -0.4 is 0 Å². The molecule has 2 aromatic rings. The molecule has 1 aromatic carbocycles. The van der Waals surface area contributed by atoms with Crippen LogP contribution in [0.15, 0.2) is 42.7 Å². The summed E-state index contributed by atoms with van der Waals surface area (Å²) in [7, 11) is 0. The molecule has 1 aromatic heterocycles. The van der Waals surface area contributed by atoms with Crippen LogP contribution in [0.3, 0.4) is 0 Å². The Morgan fingerprint density at radius 2 is 2.06 bits per heavy atom. The van der Waals surface area contributed by atoms with E-state index in [4.69, 9.17) is 0 Å². The molecule has 0 saturated heterocycles. The van der Waals surface area contributed by atoms with E-state index in [0.717, 1.165) is 0 Å². The Bertz CT molecular complexity index is 528. The molecule has 0 fully saturated rings. The summed E-state index contributed by atoms with van der Waals surface area (Å²) in [4.78, 5) is 15.9. The maximum absolute atomic E-state index is 13.3. The molecule has 16 heavy (non-hydrogen) atoms. The predicted octanol–water partition coefficient (Wildman–Crippen LogP) is 3.06. The zero-order chi connectivity index (χ0) is 11.5. The van der Waals surface area contributed by atoms with E-state index in [1.807, 2.05) is 22.6 Å². The molecular formula is C12H7FINO. The number of hydrogen-bond donors (Lipinski definition) is 0. The van der Waals surface area contributed by atoms with Gasteiger partial charge in [0.2, 0.25) is 0 Å². The van der Waals surface area contributed by atoms with Crippen LogP contribution in [0.4, 0.5) is 4.39 Å². The third kappa shape index (κ3) is 2.11. The number of ketones is 1. The summed E-state index contributed by atoms with van der Waals surface area (Å²) in [5, 5.41) is 0. The van der Waals surface area contributed by atoms with Crippen LogP contribution >= 0.6 is 22.6 Å². The van der Waals surface area contributed by atoms with E-state index < -0.39 is 0 Å². The van der Waals surface area contributed by atoms with Crippen molar-refractivity contribution in [3.63, 3.8) is 0 Å². The number of halogens is 2. The molecule has 1 heterocycles. The lowest BCUT2D eigenvalue weighted by atomic mass is 10.1. The van der Waals surface area contributed by atoms with Gasteiger partial charge in [0, 0.05) is 23.5 Å². The third-order valence-electron chi connectivity index (χ3n) is 2.12. The number of nitrogens with zero attached hydrogens (tertiary/aromatic N) is 1. The summed E-state index contributed by atoms with van der Waals surface area (Å²) in [6.45, 7) is 0. The average Bonchev–Trinajstić information content (AvgIpc) is 2.33. The van der Waals surface area contributed by atoms with Crippen molar-refractivity contribution in [3.8, 4) is 0 Å². The Hall–Kier alpha value is -1.30. The zero-order valence-corrected chi connectivity index (χ0v) is 10.3. The molecular weight excluding hydrogens is 320 g/mol. The van der Waals surface area contributed by atoms with Gasteiger partial charge in [-0.2, -0.15) is 0 Å². The fourth-order valence-corrected chi connectivity index (χ4v) is 1.94. The third-order valence-corrected chi connectivity index (χ3v) is 3.22. The fraction of sp³-hybridized carbons (Fsp3) is 0. The first-order valence-corrected chi connectivity index (χ1v) is 5.67. The first kappa shape index (κ1) is 11.2. The molecule has 0 bridgehead atoms. The summed E-state index contributed by atoms with van der Waals surface area (Å²) < 4.78 is 13.6. The molecule has 0 N–H and O–H groups in total. The van der Waals surface area contributed by atoms with E-state index in [-0.39, 0.29) is 11.6 Å². The van der Waals surface area contributed by atoms with E-state index in [0.29, 0.717) is 14.7 Å². The van der Waals surface area contributed by atoms with E-state index >= 15 is 0 Å². The number of pyridine rings is 1. The zero-order valence-electron chi connectivity index (χ0n) is 8.15. The van der Waals surface area contributed by atoms with Crippen molar-refractivity contribution in [3.05, 3.63) is 63.2 Å². The molecule has 0 aliphatic rings. The smallest absolute Gasteiger partial charge is 0.195 e. The van der Waals surface area contributed by atoms with Crippen molar-refractivity contribution < 1.29 is 9.18 Å². The minimum atomic E-state index is -0.379. The minimum absolute atomic E-state index is 0.211. The number of carbonyl (C=O) groups excluding carboxylic acids is 1. The van der Waals surface area contributed by atoms with Gasteiger partial charge in [-0.05, 0) is 46.9 Å². The lowest BCUT2D eigenvalue weighted by Gasteiger charge is -2.03. The second-order valence-corrected chi connectivity index (χ2v) is 4.25. The van der Waals surface area contributed by atoms with Crippen LogP contribution in [0, 0.1) is 9.39 Å². The van der Waals surface area contributed by atoms with Crippen molar-refractivity contribution in [2.75, 3.05) is 0 Å². The highest BCUT2D eigenvalue weighted by Gasteiger charge is 2.14. The Morgan fingerprint density at radius 3 is 2.75 bits per heavy atom. The van der Waals surface area contributed by atoms with Crippen LogP contribution in [0.5, 0.6) is 0 Å². The summed E-state index contributed by atoms with van der Waals surface area (Å²) in [6, 6.07) is 7.82. The number of hydrogen-bond acceptors (Lipinski definition) is 2. The van der Waals surface area contributed by atoms with Crippen LogP contribution in [0.1, 0.15) is 15.9 Å². The van der Waals surface area contributed by atoms with Gasteiger partial charge < -0.3 is 0 Å². The van der Waals surface area contributed by atoms with Gasteiger partial charge in [-0.15, -0.1) is 0 Å². The monoisotopic (exact) mass is 327 g/mol. The number of carbonyl (C=O) groups is 1. The Morgan fingerprint density at radius 1 is 1.25 bits per heavy atom. The maximum Gasteiger partial charge on any atom is 0.195 e. The van der Waals surface area contributed by atoms with Crippen LogP contribution in [-0.4, -0.2) is 10.8 Å². The first-order chi connectivity index (χ1) is 7.70. The van der Waals surface area contributed by atoms with Crippen LogP contribution in [0.2, 0.25) is 0 Å². The molecule has 0 spiro atoms. The predicted molar refractivity (Wildman–Crippen MR) is 66.8 cm³/mol. The maximum atomic E-state index is 13.3. The highest BCUT2D eigenvalue weighted by atomic mass is 127. The summed E-state index contributed by atoms with van der Waals surface area (Å²) in [6.07, 6.45) is 3.07. The molecule has 0 saturated carbocycles. The van der Waals surface area contributed by atoms with Gasteiger partial charge in [0.1, 0.15) is 5.82 Å². The Kier molecular flexibility index (Phi) is 3.28. The summed E-state index contributed by atoms with van der Waals surface area (Å²) in [5.41, 5.74) is 0.833. The van der Waals surface area contributed by atoms with Gasteiger partial charge >= 0.3 is 0 Å². The lowest BCUT2D eigenvalue weighted by molar-refractivity contribution is 0.103. The largest absolute Gasteiger partial charge is 0.289 e. The van der Waals surface area contributed by atoms with Gasteiger partial charge in [-0.25, -0.2) is 4.39 Å². The number of rotatable bonds is 2. The molecule has 0 radical (unpaired) electrons. The second-order valence-electron chi connectivity index (χ2n) is 3.17. The normalized spacial score (nSPS) is 10.1. The van der Waals surface area contributed by atoms with E-state index in [1.54, 1.807) is 24.4 Å². The molecule has 4 heteroatoms. The van der Waals surface area contributed by atoms with Crippen molar-refractivity contribution in [1.82, 2.24) is 4.98 Å². The Balaban J connectivity index is 2.46. The molecule has 0 aliphatic carbocycles. The average molecular weight is 327 g/mol. The Labute approximate surface area is 106 Å². The topological polar surface area (TPSA) is 30.0 Å². The van der Waals surface area contributed by atoms with Gasteiger partial charge in [0.25, 0.3) is 0 Å². The van der Waals surface area contributed by atoms with E-state index in [9.17, 15) is 9.18 Å². The molecule has 2 rings (SSSR count). The number of aromatic nitrogens is 1.